The van der Waals surface area contributed by atoms with Crippen LogP contribution in [0.1, 0.15) is 42.6 Å². The lowest BCUT2D eigenvalue weighted by Gasteiger charge is -2.07. The van der Waals surface area contributed by atoms with Crippen molar-refractivity contribution in [2.75, 3.05) is 6.61 Å². The molecule has 1 aromatic rings. The minimum Gasteiger partial charge on any atom is -0.293 e. The van der Waals surface area contributed by atoms with E-state index in [9.17, 15) is 4.79 Å². The summed E-state index contributed by atoms with van der Waals surface area (Å²) in [5.41, 5.74) is 1.62. The lowest BCUT2D eigenvalue weighted by Crippen LogP contribution is -2.09. The molecular formula is C13H18O3. The van der Waals surface area contributed by atoms with E-state index in [1.807, 2.05) is 18.2 Å². The smallest absolute Gasteiger partial charge is 0.293 e. The predicted molar refractivity (Wildman–Crippen MR) is 62.1 cm³/mol. The van der Waals surface area contributed by atoms with Gasteiger partial charge in [0.25, 0.3) is 0 Å². The second-order valence-electron chi connectivity index (χ2n) is 3.54. The second-order valence-corrected chi connectivity index (χ2v) is 3.54. The molecule has 1 rings (SSSR count). The van der Waals surface area contributed by atoms with Crippen LogP contribution in [0.5, 0.6) is 0 Å². The van der Waals surface area contributed by atoms with Gasteiger partial charge in [-0.15, -0.1) is 0 Å². The molecule has 0 bridgehead atoms. The number of carbonyl (C=O) groups is 1. The van der Waals surface area contributed by atoms with Gasteiger partial charge in [0.15, 0.2) is 0 Å². The molecule has 0 aromatic heterocycles. The molecule has 0 aliphatic carbocycles. The molecule has 1 aromatic carbocycles. The van der Waals surface area contributed by atoms with Crippen molar-refractivity contribution in [2.24, 2.45) is 0 Å². The van der Waals surface area contributed by atoms with Gasteiger partial charge in [0.05, 0.1) is 12.2 Å². The van der Waals surface area contributed by atoms with Gasteiger partial charge in [-0.05, 0) is 31.4 Å². The van der Waals surface area contributed by atoms with E-state index in [0.29, 0.717) is 12.2 Å². The number of aryl methyl sites for hydroxylation is 1. The van der Waals surface area contributed by atoms with E-state index in [1.165, 1.54) is 0 Å². The zero-order valence-electron chi connectivity index (χ0n) is 9.86. The fraction of sp³-hybridized carbons (Fsp3) is 0.462. The molecule has 0 fully saturated rings. The first-order chi connectivity index (χ1) is 7.79. The van der Waals surface area contributed by atoms with Crippen LogP contribution in [-0.4, -0.2) is 12.6 Å². The Morgan fingerprint density at radius 2 is 2.00 bits per heavy atom. The van der Waals surface area contributed by atoms with Crippen LogP contribution < -0.4 is 0 Å². The summed E-state index contributed by atoms with van der Waals surface area (Å²) in [4.78, 5) is 21.0. The molecule has 0 saturated heterocycles. The van der Waals surface area contributed by atoms with Crippen molar-refractivity contribution >= 4 is 5.97 Å². The number of carbonyl (C=O) groups excluding carboxylic acids is 1. The summed E-state index contributed by atoms with van der Waals surface area (Å²) in [6.07, 6.45) is 3.07. The monoisotopic (exact) mass is 222 g/mol. The highest BCUT2D eigenvalue weighted by molar-refractivity contribution is 5.90. The summed E-state index contributed by atoms with van der Waals surface area (Å²) in [6, 6.07) is 7.49. The predicted octanol–water partition coefficient (Wildman–Crippen LogP) is 3.14. The molecule has 0 unspecified atom stereocenters. The molecular weight excluding hydrogens is 204 g/mol. The van der Waals surface area contributed by atoms with Gasteiger partial charge in [0.1, 0.15) is 0 Å². The molecule has 0 amide bonds. The number of rotatable bonds is 6. The van der Waals surface area contributed by atoms with Gasteiger partial charge in [0, 0.05) is 0 Å². The largest absolute Gasteiger partial charge is 0.373 e. The van der Waals surface area contributed by atoms with Crippen LogP contribution in [-0.2, 0) is 16.2 Å². The summed E-state index contributed by atoms with van der Waals surface area (Å²) in [5.74, 6) is -0.409. The van der Waals surface area contributed by atoms with Crippen LogP contribution in [0.2, 0.25) is 0 Å². The summed E-state index contributed by atoms with van der Waals surface area (Å²) >= 11 is 0. The summed E-state index contributed by atoms with van der Waals surface area (Å²) in [6.45, 7) is 4.26. The van der Waals surface area contributed by atoms with Gasteiger partial charge < -0.3 is 0 Å². The van der Waals surface area contributed by atoms with Crippen LogP contribution in [0.4, 0.5) is 0 Å². The van der Waals surface area contributed by atoms with E-state index in [2.05, 4.69) is 16.7 Å². The molecule has 0 atom stereocenters. The maximum absolute atomic E-state index is 11.6. The molecule has 0 heterocycles. The first-order valence-electron chi connectivity index (χ1n) is 5.71. The molecule has 3 heteroatoms. The van der Waals surface area contributed by atoms with Crippen LogP contribution in [0.3, 0.4) is 0 Å². The Labute approximate surface area is 96.3 Å². The van der Waals surface area contributed by atoms with Gasteiger partial charge in [0.2, 0.25) is 0 Å². The molecule has 16 heavy (non-hydrogen) atoms. The Balaban J connectivity index is 2.73. The minimum atomic E-state index is -0.409. The lowest BCUT2D eigenvalue weighted by molar-refractivity contribution is -0.236. The summed E-state index contributed by atoms with van der Waals surface area (Å²) < 4.78 is 0. The van der Waals surface area contributed by atoms with Crippen LogP contribution >= 0.6 is 0 Å². The highest BCUT2D eigenvalue weighted by Crippen LogP contribution is 2.13. The van der Waals surface area contributed by atoms with Crippen molar-refractivity contribution in [3.05, 3.63) is 35.4 Å². The maximum atomic E-state index is 11.6. The standard InChI is InChI=1S/C13H18O3/c1-3-5-8-11-9-6-7-10-12(11)13(14)16-15-4-2/h6-7,9-10H,3-5,8H2,1-2H3. The number of unbranched alkanes of at least 4 members (excludes halogenated alkanes) is 1. The Bertz CT molecular complexity index is 334. The second kappa shape index (κ2) is 7.01. The Morgan fingerprint density at radius 3 is 2.69 bits per heavy atom. The highest BCUT2D eigenvalue weighted by Gasteiger charge is 2.12. The van der Waals surface area contributed by atoms with Gasteiger partial charge in [-0.2, -0.15) is 4.89 Å². The van der Waals surface area contributed by atoms with E-state index in [-0.39, 0.29) is 0 Å². The van der Waals surface area contributed by atoms with Crippen molar-refractivity contribution in [1.29, 1.82) is 0 Å². The number of hydrogen-bond donors (Lipinski definition) is 0. The average Bonchev–Trinajstić information content (AvgIpc) is 2.33. The molecule has 3 nitrogen and oxygen atoms in total. The number of benzene rings is 1. The quantitative estimate of drug-likeness (QED) is 0.548. The average molecular weight is 222 g/mol. The van der Waals surface area contributed by atoms with Gasteiger partial charge in [-0.3, -0.25) is 4.89 Å². The van der Waals surface area contributed by atoms with E-state index < -0.39 is 5.97 Å². The lowest BCUT2D eigenvalue weighted by atomic mass is 10.0. The topological polar surface area (TPSA) is 35.5 Å². The SMILES string of the molecule is CCCCc1ccccc1C(=O)OOCC. The van der Waals surface area contributed by atoms with Crippen molar-refractivity contribution in [3.63, 3.8) is 0 Å². The van der Waals surface area contributed by atoms with Gasteiger partial charge in [-0.25, -0.2) is 4.79 Å². The molecule has 88 valence electrons. The Kier molecular flexibility index (Phi) is 5.57. The zero-order valence-corrected chi connectivity index (χ0v) is 9.86. The van der Waals surface area contributed by atoms with Crippen LogP contribution in [0, 0.1) is 0 Å². The van der Waals surface area contributed by atoms with E-state index in [1.54, 1.807) is 13.0 Å². The Morgan fingerprint density at radius 1 is 1.25 bits per heavy atom. The van der Waals surface area contributed by atoms with Crippen molar-refractivity contribution in [3.8, 4) is 0 Å². The number of hydrogen-bond acceptors (Lipinski definition) is 3. The third-order valence-corrected chi connectivity index (χ3v) is 2.29. The van der Waals surface area contributed by atoms with Gasteiger partial charge in [-0.1, -0.05) is 31.5 Å². The normalized spacial score (nSPS) is 10.1. The fourth-order valence-corrected chi connectivity index (χ4v) is 1.46. The fourth-order valence-electron chi connectivity index (χ4n) is 1.46. The van der Waals surface area contributed by atoms with E-state index >= 15 is 0 Å². The molecule has 0 aliphatic heterocycles. The van der Waals surface area contributed by atoms with Crippen LogP contribution in [0.25, 0.3) is 0 Å². The summed E-state index contributed by atoms with van der Waals surface area (Å²) in [7, 11) is 0. The first-order valence-corrected chi connectivity index (χ1v) is 5.71. The Hall–Kier alpha value is -1.35. The van der Waals surface area contributed by atoms with Gasteiger partial charge >= 0.3 is 5.97 Å². The minimum absolute atomic E-state index is 0.364. The van der Waals surface area contributed by atoms with Crippen molar-refractivity contribution in [2.45, 2.75) is 33.1 Å². The third-order valence-electron chi connectivity index (χ3n) is 2.29. The molecule has 0 N–H and O–H groups in total. The summed E-state index contributed by atoms with van der Waals surface area (Å²) in [5, 5.41) is 0. The first kappa shape index (κ1) is 12.7. The van der Waals surface area contributed by atoms with E-state index in [4.69, 9.17) is 0 Å². The maximum Gasteiger partial charge on any atom is 0.373 e. The van der Waals surface area contributed by atoms with E-state index in [0.717, 1.165) is 24.8 Å². The van der Waals surface area contributed by atoms with Crippen molar-refractivity contribution < 1.29 is 14.6 Å². The van der Waals surface area contributed by atoms with Crippen LogP contribution in [0.15, 0.2) is 24.3 Å². The van der Waals surface area contributed by atoms with Crippen molar-refractivity contribution in [1.82, 2.24) is 0 Å². The third kappa shape index (κ3) is 3.66. The molecule has 0 saturated carbocycles. The zero-order chi connectivity index (χ0) is 11.8. The molecule has 0 radical (unpaired) electrons. The molecule has 0 aliphatic rings. The molecule has 0 spiro atoms. The highest BCUT2D eigenvalue weighted by atomic mass is 17.2.